The van der Waals surface area contributed by atoms with E-state index in [4.69, 9.17) is 0 Å². The largest absolute Gasteiger partial charge is 0.416 e. The molecule has 0 saturated heterocycles. The summed E-state index contributed by atoms with van der Waals surface area (Å²) in [7, 11) is 0. The summed E-state index contributed by atoms with van der Waals surface area (Å²) >= 11 is 0. The number of aromatic nitrogens is 2. The Hall–Kier alpha value is -3.95. The van der Waals surface area contributed by atoms with E-state index in [9.17, 15) is 27.6 Å². The van der Waals surface area contributed by atoms with E-state index < -0.39 is 29.5 Å². The van der Waals surface area contributed by atoms with E-state index in [1.165, 1.54) is 37.6 Å². The van der Waals surface area contributed by atoms with Gasteiger partial charge in [-0.05, 0) is 56.7 Å². The summed E-state index contributed by atoms with van der Waals surface area (Å²) in [4.78, 5) is 36.9. The third kappa shape index (κ3) is 5.33. The number of hydrogen-bond donors (Lipinski definition) is 2. The first-order chi connectivity index (χ1) is 15.9. The zero-order valence-electron chi connectivity index (χ0n) is 18.9. The van der Waals surface area contributed by atoms with Gasteiger partial charge in [-0.15, -0.1) is 0 Å². The number of benzene rings is 2. The lowest BCUT2D eigenvalue weighted by molar-refractivity contribution is -0.137. The van der Waals surface area contributed by atoms with E-state index in [0.29, 0.717) is 11.3 Å². The summed E-state index contributed by atoms with van der Waals surface area (Å²) in [5.41, 5.74) is 0.977. The highest BCUT2D eigenvalue weighted by molar-refractivity contribution is 6.43. The summed E-state index contributed by atoms with van der Waals surface area (Å²) in [6.45, 7) is 6.09. The molecule has 3 rings (SSSR count). The molecule has 3 aromatic rings. The van der Waals surface area contributed by atoms with Crippen molar-refractivity contribution in [2.45, 2.75) is 39.9 Å². The first kappa shape index (κ1) is 24.7. The Labute approximate surface area is 194 Å². The number of ketones is 1. The molecule has 1 atom stereocenters. The number of carbonyl (C=O) groups is 3. The van der Waals surface area contributed by atoms with Gasteiger partial charge in [0.15, 0.2) is 0 Å². The van der Waals surface area contributed by atoms with E-state index in [-0.39, 0.29) is 28.5 Å². The number of Topliss-reactive ketones (excluding diaryl/α,β-unsaturated/α-hetero) is 1. The molecule has 0 fully saturated rings. The van der Waals surface area contributed by atoms with Gasteiger partial charge in [0, 0.05) is 12.6 Å². The molecule has 7 nitrogen and oxygen atoms in total. The van der Waals surface area contributed by atoms with Crippen LogP contribution in [0, 0.1) is 13.8 Å². The van der Waals surface area contributed by atoms with Crippen LogP contribution in [0.3, 0.4) is 0 Å². The van der Waals surface area contributed by atoms with E-state index in [1.54, 1.807) is 31.2 Å². The lowest BCUT2D eigenvalue weighted by atomic mass is 10.1. The molecule has 0 spiro atoms. The quantitative estimate of drug-likeness (QED) is 0.407. The number of aryl methyl sites for hydroxylation is 1. The van der Waals surface area contributed by atoms with Crippen LogP contribution in [0.5, 0.6) is 0 Å². The molecular formula is C24H23F3N4O3. The van der Waals surface area contributed by atoms with Gasteiger partial charge in [0.25, 0.3) is 11.7 Å². The molecule has 2 aromatic carbocycles. The van der Waals surface area contributed by atoms with Gasteiger partial charge in [0.2, 0.25) is 5.91 Å². The highest BCUT2D eigenvalue weighted by Crippen LogP contribution is 2.31. The van der Waals surface area contributed by atoms with E-state index in [2.05, 4.69) is 15.7 Å². The average molecular weight is 472 g/mol. The van der Waals surface area contributed by atoms with Crippen molar-refractivity contribution in [3.8, 4) is 5.69 Å². The second-order valence-corrected chi connectivity index (χ2v) is 7.84. The Morgan fingerprint density at radius 3 is 2.35 bits per heavy atom. The number of amides is 2. The van der Waals surface area contributed by atoms with Gasteiger partial charge in [-0.2, -0.15) is 18.3 Å². The summed E-state index contributed by atoms with van der Waals surface area (Å²) in [5.74, 6) is -1.97. The Kier molecular flexibility index (Phi) is 6.90. The smallest absolute Gasteiger partial charge is 0.343 e. The minimum atomic E-state index is -4.53. The maximum atomic E-state index is 13.1. The number of carbonyl (C=O) groups excluding carboxylic acids is 3. The number of alkyl halides is 3. The van der Waals surface area contributed by atoms with Crippen LogP contribution in [-0.4, -0.2) is 27.4 Å². The molecule has 1 unspecified atom stereocenters. The van der Waals surface area contributed by atoms with Gasteiger partial charge in [-0.1, -0.05) is 18.2 Å². The minimum absolute atomic E-state index is 0.0223. The standard InChI is InChI=1S/C24H23F3N4O3/c1-13(17-7-5-9-19(11-17)29-16(4)32)28-23(34)22(33)21-14(2)30-31(15(21)3)20-10-6-8-18(12-20)24(25,26)27/h5-13H,1-4H3,(H,28,34)(H,29,32). The van der Waals surface area contributed by atoms with Crippen LogP contribution in [-0.2, 0) is 15.8 Å². The third-order valence-corrected chi connectivity index (χ3v) is 5.20. The molecule has 0 bridgehead atoms. The van der Waals surface area contributed by atoms with Gasteiger partial charge < -0.3 is 10.6 Å². The Morgan fingerprint density at radius 1 is 1.03 bits per heavy atom. The van der Waals surface area contributed by atoms with Gasteiger partial charge in [0.05, 0.1) is 34.2 Å². The number of hydrogen-bond acceptors (Lipinski definition) is 4. The highest BCUT2D eigenvalue weighted by Gasteiger charge is 2.31. The van der Waals surface area contributed by atoms with Crippen molar-refractivity contribution in [3.63, 3.8) is 0 Å². The average Bonchev–Trinajstić information content (AvgIpc) is 3.06. The van der Waals surface area contributed by atoms with Crippen molar-refractivity contribution in [3.05, 3.63) is 76.6 Å². The molecule has 0 aliphatic heterocycles. The van der Waals surface area contributed by atoms with Crippen molar-refractivity contribution in [2.75, 3.05) is 5.32 Å². The number of nitrogens with one attached hydrogen (secondary N) is 2. The van der Waals surface area contributed by atoms with Gasteiger partial charge in [-0.25, -0.2) is 4.68 Å². The van der Waals surface area contributed by atoms with Gasteiger partial charge in [0.1, 0.15) is 0 Å². The van der Waals surface area contributed by atoms with Crippen LogP contribution in [0.25, 0.3) is 5.69 Å². The van der Waals surface area contributed by atoms with E-state index in [0.717, 1.165) is 12.1 Å². The molecule has 2 N–H and O–H groups in total. The van der Waals surface area contributed by atoms with Gasteiger partial charge in [-0.3, -0.25) is 14.4 Å². The fourth-order valence-corrected chi connectivity index (χ4v) is 3.58. The molecular weight excluding hydrogens is 449 g/mol. The zero-order valence-corrected chi connectivity index (χ0v) is 18.9. The normalized spacial score (nSPS) is 12.2. The first-order valence-corrected chi connectivity index (χ1v) is 10.3. The Balaban J connectivity index is 1.83. The van der Waals surface area contributed by atoms with Crippen molar-refractivity contribution in [2.24, 2.45) is 0 Å². The maximum Gasteiger partial charge on any atom is 0.416 e. The number of halogens is 3. The topological polar surface area (TPSA) is 93.1 Å². The lowest BCUT2D eigenvalue weighted by Gasteiger charge is -2.15. The predicted molar refractivity (Wildman–Crippen MR) is 120 cm³/mol. The summed E-state index contributed by atoms with van der Waals surface area (Å²) < 4.78 is 40.5. The fourth-order valence-electron chi connectivity index (χ4n) is 3.58. The fraction of sp³-hybridized carbons (Fsp3) is 0.250. The maximum absolute atomic E-state index is 13.1. The van der Waals surface area contributed by atoms with E-state index >= 15 is 0 Å². The molecule has 2 amide bonds. The van der Waals surface area contributed by atoms with Gasteiger partial charge >= 0.3 is 6.18 Å². The monoisotopic (exact) mass is 472 g/mol. The third-order valence-electron chi connectivity index (χ3n) is 5.20. The van der Waals surface area contributed by atoms with Crippen molar-refractivity contribution in [1.82, 2.24) is 15.1 Å². The number of rotatable bonds is 6. The minimum Gasteiger partial charge on any atom is -0.343 e. The SMILES string of the molecule is CC(=O)Nc1cccc(C(C)NC(=O)C(=O)c2c(C)nn(-c3cccc(C(F)(F)F)c3)c2C)c1. The van der Waals surface area contributed by atoms with Crippen molar-refractivity contribution in [1.29, 1.82) is 0 Å². The lowest BCUT2D eigenvalue weighted by Crippen LogP contribution is -2.33. The number of anilines is 1. The van der Waals surface area contributed by atoms with Crippen LogP contribution in [0.2, 0.25) is 0 Å². The summed E-state index contributed by atoms with van der Waals surface area (Å²) in [6.07, 6.45) is -4.53. The highest BCUT2D eigenvalue weighted by atomic mass is 19.4. The number of nitrogens with zero attached hydrogens (tertiary/aromatic N) is 2. The zero-order chi connectivity index (χ0) is 25.2. The molecule has 0 aliphatic carbocycles. The Bertz CT molecular complexity index is 1260. The van der Waals surface area contributed by atoms with Crippen LogP contribution in [0.1, 0.15) is 52.8 Å². The van der Waals surface area contributed by atoms with Crippen molar-refractivity contribution < 1.29 is 27.6 Å². The molecule has 34 heavy (non-hydrogen) atoms. The molecule has 178 valence electrons. The van der Waals surface area contributed by atoms with E-state index in [1.807, 2.05) is 0 Å². The van der Waals surface area contributed by atoms with Crippen LogP contribution in [0.15, 0.2) is 48.5 Å². The Morgan fingerprint density at radius 2 is 1.71 bits per heavy atom. The second kappa shape index (κ2) is 9.50. The van der Waals surface area contributed by atoms with Crippen LogP contribution in [0.4, 0.5) is 18.9 Å². The molecule has 10 heteroatoms. The molecule has 0 saturated carbocycles. The van der Waals surface area contributed by atoms with Crippen molar-refractivity contribution >= 4 is 23.3 Å². The molecule has 0 radical (unpaired) electrons. The molecule has 1 aromatic heterocycles. The van der Waals surface area contributed by atoms with Crippen LogP contribution < -0.4 is 10.6 Å². The second-order valence-electron chi connectivity index (χ2n) is 7.84. The first-order valence-electron chi connectivity index (χ1n) is 10.3. The van der Waals surface area contributed by atoms with Crippen LogP contribution >= 0.6 is 0 Å². The predicted octanol–water partition coefficient (Wildman–Crippen LogP) is 4.53. The summed E-state index contributed by atoms with van der Waals surface area (Å²) in [5, 5.41) is 9.46. The molecule has 0 aliphatic rings. The molecule has 1 heterocycles. The summed E-state index contributed by atoms with van der Waals surface area (Å²) in [6, 6.07) is 10.8.